The van der Waals surface area contributed by atoms with Crippen molar-refractivity contribution in [2.45, 2.75) is 88.9 Å². The van der Waals surface area contributed by atoms with Crippen LogP contribution in [0.4, 0.5) is 30.2 Å². The number of aryl methyl sites for hydroxylation is 1. The minimum absolute atomic E-state index is 0.00662. The summed E-state index contributed by atoms with van der Waals surface area (Å²) < 4.78 is 46.4. The van der Waals surface area contributed by atoms with E-state index < -0.39 is 47.3 Å². The summed E-state index contributed by atoms with van der Waals surface area (Å²) in [6, 6.07) is 14.5. The first-order valence-corrected chi connectivity index (χ1v) is 23.6. The van der Waals surface area contributed by atoms with Gasteiger partial charge in [-0.1, -0.05) is 19.1 Å². The maximum absolute atomic E-state index is 14.8. The first kappa shape index (κ1) is 43.9. The predicted molar refractivity (Wildman–Crippen MR) is 242 cm³/mol. The fourth-order valence-electron chi connectivity index (χ4n) is 12.3. The van der Waals surface area contributed by atoms with Gasteiger partial charge in [-0.15, -0.1) is 10.2 Å². The SMILES string of the molecule is Cn1cnnc1C[C@]1(c2cccc(N3Cc4c(cc(N5CC6(CCN(C(=O)C7CCN(c8ccc9c(c8)C(=O)N(C8CCC(=O)NC8=O)C9=O)CC7)CC6)C5)cc4C(F)(F)F)C3=O)c2)C[C@H](C)C1. The van der Waals surface area contributed by atoms with Gasteiger partial charge in [-0.25, -0.2) is 0 Å². The summed E-state index contributed by atoms with van der Waals surface area (Å²) >= 11 is 0. The molecule has 1 spiro atoms. The van der Waals surface area contributed by atoms with Crippen molar-refractivity contribution in [3.05, 3.63) is 100 Å². The highest BCUT2D eigenvalue weighted by Crippen LogP contribution is 2.51. The summed E-state index contributed by atoms with van der Waals surface area (Å²) in [4.78, 5) is 87.1. The number of piperidine rings is 3. The number of benzene rings is 3. The Morgan fingerprint density at radius 1 is 0.809 bits per heavy atom. The van der Waals surface area contributed by atoms with Crippen molar-refractivity contribution in [2.75, 3.05) is 54.0 Å². The van der Waals surface area contributed by atoms with E-state index in [1.807, 2.05) is 39.6 Å². The third kappa shape index (κ3) is 7.32. The average Bonchev–Trinajstić information content (AvgIpc) is 3.95. The molecular weight excluding hydrogens is 880 g/mol. The molecule has 6 amide bonds. The second kappa shape index (κ2) is 16.0. The van der Waals surface area contributed by atoms with Crippen LogP contribution >= 0.6 is 0 Å². The highest BCUT2D eigenvalue weighted by molar-refractivity contribution is 6.23. The second-order valence-electron chi connectivity index (χ2n) is 20.4. The number of hydrogen-bond acceptors (Lipinski definition) is 10. The highest BCUT2D eigenvalue weighted by atomic mass is 19.4. The van der Waals surface area contributed by atoms with E-state index in [0.717, 1.165) is 47.7 Å². The molecule has 4 aromatic rings. The first-order chi connectivity index (χ1) is 32.5. The molecule has 1 saturated carbocycles. The third-order valence-corrected chi connectivity index (χ3v) is 16.1. The Kier molecular flexibility index (Phi) is 10.3. The van der Waals surface area contributed by atoms with Crippen molar-refractivity contribution in [1.29, 1.82) is 0 Å². The van der Waals surface area contributed by atoms with Gasteiger partial charge in [0.1, 0.15) is 18.2 Å². The fourth-order valence-corrected chi connectivity index (χ4v) is 12.3. The summed E-state index contributed by atoms with van der Waals surface area (Å²) in [7, 11) is 1.91. The summed E-state index contributed by atoms with van der Waals surface area (Å²) in [5, 5.41) is 10.6. The van der Waals surface area contributed by atoms with Crippen LogP contribution in [0.1, 0.15) is 112 Å². The number of fused-ring (bicyclic) bond motifs is 2. The lowest BCUT2D eigenvalue weighted by Gasteiger charge is -2.55. The van der Waals surface area contributed by atoms with E-state index >= 15 is 0 Å². The zero-order valence-corrected chi connectivity index (χ0v) is 38.0. The number of nitrogens with zero attached hydrogens (tertiary/aromatic N) is 8. The molecule has 11 rings (SSSR count). The van der Waals surface area contributed by atoms with Gasteiger partial charge in [-0.3, -0.25) is 39.0 Å². The molecule has 15 nitrogen and oxygen atoms in total. The molecule has 1 atom stereocenters. The number of carbonyl (C=O) groups excluding carboxylic acids is 6. The Morgan fingerprint density at radius 3 is 2.21 bits per heavy atom. The Hall–Kier alpha value is -6.59. The Morgan fingerprint density at radius 2 is 1.53 bits per heavy atom. The van der Waals surface area contributed by atoms with Crippen LogP contribution in [0.25, 0.3) is 0 Å². The maximum Gasteiger partial charge on any atom is 0.416 e. The molecule has 354 valence electrons. The van der Waals surface area contributed by atoms with Crippen molar-refractivity contribution in [3.63, 3.8) is 0 Å². The van der Waals surface area contributed by atoms with Crippen LogP contribution < -0.4 is 20.0 Å². The molecule has 1 N–H and O–H groups in total. The van der Waals surface area contributed by atoms with Gasteiger partial charge in [-0.2, -0.15) is 13.2 Å². The van der Waals surface area contributed by atoms with Gasteiger partial charge >= 0.3 is 6.18 Å². The van der Waals surface area contributed by atoms with Crippen molar-refractivity contribution in [1.82, 2.24) is 29.9 Å². The molecule has 7 aliphatic rings. The number of halogens is 3. The highest BCUT2D eigenvalue weighted by Gasteiger charge is 2.50. The van der Waals surface area contributed by atoms with E-state index in [-0.39, 0.29) is 64.3 Å². The van der Waals surface area contributed by atoms with Gasteiger partial charge in [0.05, 0.1) is 23.2 Å². The molecular formula is C50H52F3N9O6. The van der Waals surface area contributed by atoms with Gasteiger partial charge in [0, 0.05) is 98.5 Å². The topological polar surface area (TPSA) is 161 Å². The van der Waals surface area contributed by atoms with E-state index in [9.17, 15) is 41.9 Å². The number of anilines is 3. The lowest BCUT2D eigenvalue weighted by Crippen LogP contribution is -2.61. The van der Waals surface area contributed by atoms with Gasteiger partial charge in [0.15, 0.2) is 0 Å². The fraction of sp³-hybridized carbons (Fsp3) is 0.480. The van der Waals surface area contributed by atoms with Crippen molar-refractivity contribution >= 4 is 52.5 Å². The molecule has 1 unspecified atom stereocenters. The van der Waals surface area contributed by atoms with Gasteiger partial charge < -0.3 is 24.2 Å². The van der Waals surface area contributed by atoms with Crippen LogP contribution in [0.3, 0.4) is 0 Å². The maximum atomic E-state index is 14.8. The molecule has 1 aliphatic carbocycles. The van der Waals surface area contributed by atoms with E-state index in [2.05, 4.69) is 27.3 Å². The van der Waals surface area contributed by atoms with Crippen LogP contribution in [0, 0.1) is 17.3 Å². The lowest BCUT2D eigenvalue weighted by atomic mass is 9.57. The lowest BCUT2D eigenvalue weighted by molar-refractivity contribution is -0.139. The number of alkyl halides is 3. The summed E-state index contributed by atoms with van der Waals surface area (Å²) in [6.45, 7) is 5.36. The minimum Gasteiger partial charge on any atom is -0.371 e. The van der Waals surface area contributed by atoms with Crippen molar-refractivity contribution < 1.29 is 41.9 Å². The second-order valence-corrected chi connectivity index (χ2v) is 20.4. The first-order valence-electron chi connectivity index (χ1n) is 23.6. The number of amides is 6. The van der Waals surface area contributed by atoms with Crippen LogP contribution in [0.5, 0.6) is 0 Å². The monoisotopic (exact) mass is 931 g/mol. The minimum atomic E-state index is -4.66. The van der Waals surface area contributed by atoms with E-state index in [1.165, 1.54) is 11.0 Å². The molecule has 5 fully saturated rings. The number of carbonyl (C=O) groups is 6. The molecule has 4 saturated heterocycles. The number of rotatable bonds is 8. The van der Waals surface area contributed by atoms with E-state index in [4.69, 9.17) is 0 Å². The zero-order valence-electron chi connectivity index (χ0n) is 38.0. The smallest absolute Gasteiger partial charge is 0.371 e. The van der Waals surface area contributed by atoms with Gasteiger partial charge in [-0.05, 0) is 104 Å². The van der Waals surface area contributed by atoms with Gasteiger partial charge in [0.2, 0.25) is 17.7 Å². The number of likely N-dealkylation sites (tertiary alicyclic amines) is 1. The van der Waals surface area contributed by atoms with E-state index in [1.54, 1.807) is 36.7 Å². The molecule has 18 heteroatoms. The zero-order chi connectivity index (χ0) is 47.4. The predicted octanol–water partition coefficient (Wildman–Crippen LogP) is 5.65. The van der Waals surface area contributed by atoms with Crippen molar-refractivity contribution in [2.24, 2.45) is 24.3 Å². The molecule has 7 heterocycles. The summed E-state index contributed by atoms with van der Waals surface area (Å²) in [5.74, 6) is -1.39. The number of imide groups is 2. The molecule has 0 radical (unpaired) electrons. The number of hydrogen-bond donors (Lipinski definition) is 1. The Labute approximate surface area is 390 Å². The summed E-state index contributed by atoms with van der Waals surface area (Å²) in [6.07, 6.45) is 2.32. The van der Waals surface area contributed by atoms with Crippen LogP contribution in [-0.4, -0.2) is 105 Å². The normalized spacial score (nSPS) is 24.9. The molecule has 0 bridgehead atoms. The largest absolute Gasteiger partial charge is 0.416 e. The number of aromatic nitrogens is 3. The van der Waals surface area contributed by atoms with Crippen LogP contribution in [0.2, 0.25) is 0 Å². The standard InChI is InChI=1S/C50H52F3N9O6/c1-29-22-49(23-29,24-41-56-54-28-57(41)2)31-4-3-5-33(18-31)61-25-38-37(45(61)66)20-34(21-39(38)50(51,52)53)60-26-48(27-60)12-16-59(17-13-48)44(65)30-10-14-58(15-11-30)32-6-7-35-36(19-32)47(68)62(46(35)67)40-8-9-42(63)55-43(40)64/h3-7,18-21,28-30,40H,8-17,22-27H2,1-2H3,(H,55,63,64)/t29-,40?,49-. The average molecular weight is 932 g/mol. The quantitative estimate of drug-likeness (QED) is 0.219. The molecule has 1 aromatic heterocycles. The Bertz CT molecular complexity index is 2800. The van der Waals surface area contributed by atoms with Crippen LogP contribution in [-0.2, 0) is 46.0 Å². The third-order valence-electron chi connectivity index (χ3n) is 16.1. The van der Waals surface area contributed by atoms with Crippen molar-refractivity contribution in [3.8, 4) is 0 Å². The Balaban J connectivity index is 0.710. The molecule has 68 heavy (non-hydrogen) atoms. The molecule has 6 aliphatic heterocycles. The van der Waals surface area contributed by atoms with Gasteiger partial charge in [0.25, 0.3) is 17.7 Å². The van der Waals surface area contributed by atoms with Crippen LogP contribution in [0.15, 0.2) is 60.9 Å². The summed E-state index contributed by atoms with van der Waals surface area (Å²) in [5.41, 5.74) is 2.10. The van der Waals surface area contributed by atoms with E-state index in [0.29, 0.717) is 75.8 Å². The number of nitrogens with one attached hydrogen (secondary N) is 1. The molecule has 3 aromatic carbocycles.